The van der Waals surface area contributed by atoms with Gasteiger partial charge >= 0.3 is 0 Å². The maximum Gasteiger partial charge on any atom is 0.229 e. The van der Waals surface area contributed by atoms with E-state index in [0.29, 0.717) is 13.0 Å². The summed E-state index contributed by atoms with van der Waals surface area (Å²) in [5.74, 6) is 0.0747. The molecule has 3 rings (SSSR count). The number of carbonyl (C=O) groups is 1. The highest BCUT2D eigenvalue weighted by molar-refractivity contribution is 8.16. The van der Waals surface area contributed by atoms with Gasteiger partial charge in [-0.15, -0.1) is 11.3 Å². The van der Waals surface area contributed by atoms with Crippen LogP contribution in [-0.4, -0.2) is 51.7 Å². The number of carbonyl (C=O) groups excluding carboxylic acids is 1. The molecular weight excluding hydrogens is 354 g/mol. The fourth-order valence-corrected chi connectivity index (χ4v) is 4.98. The molecule has 5 nitrogen and oxygen atoms in total. The Bertz CT molecular complexity index is 680. The van der Waals surface area contributed by atoms with Crippen molar-refractivity contribution in [3.05, 3.63) is 33.0 Å². The second kappa shape index (κ2) is 8.38. The van der Waals surface area contributed by atoms with Gasteiger partial charge in [0.15, 0.2) is 5.17 Å². The second-order valence-corrected chi connectivity index (χ2v) is 8.56. The number of aliphatic hydroxyl groups excluding tert-OH is 1. The van der Waals surface area contributed by atoms with Crippen molar-refractivity contribution in [3.8, 4) is 0 Å². The van der Waals surface area contributed by atoms with Crippen LogP contribution in [0.1, 0.15) is 35.9 Å². The van der Waals surface area contributed by atoms with E-state index in [4.69, 9.17) is 0 Å². The molecule has 0 saturated carbocycles. The van der Waals surface area contributed by atoms with E-state index in [-0.39, 0.29) is 18.6 Å². The minimum absolute atomic E-state index is 0.00316. The Kier molecular flexibility index (Phi) is 6.19. The lowest BCUT2D eigenvalue weighted by Crippen LogP contribution is -2.42. The van der Waals surface area contributed by atoms with E-state index in [0.717, 1.165) is 41.7 Å². The smallest absolute Gasteiger partial charge is 0.229 e. The first-order valence-electron chi connectivity index (χ1n) is 8.75. The van der Waals surface area contributed by atoms with Gasteiger partial charge in [-0.25, -0.2) is 0 Å². The lowest BCUT2D eigenvalue weighted by molar-refractivity contribution is -0.134. The number of nitrogens with zero attached hydrogens (tertiary/aromatic N) is 3. The van der Waals surface area contributed by atoms with Gasteiger partial charge in [0.05, 0.1) is 25.6 Å². The monoisotopic (exact) mass is 379 g/mol. The summed E-state index contributed by atoms with van der Waals surface area (Å²) in [6.07, 6.45) is 2.14. The molecule has 0 radical (unpaired) electrons. The number of thioether (sulfide) groups is 1. The predicted octanol–water partition coefficient (Wildman–Crippen LogP) is 3.20. The molecule has 2 aliphatic rings. The number of fused-ring (bicyclic) bond motifs is 1. The lowest BCUT2D eigenvalue weighted by Gasteiger charge is -2.31. The van der Waals surface area contributed by atoms with Crippen LogP contribution in [0.3, 0.4) is 0 Å². The van der Waals surface area contributed by atoms with Crippen molar-refractivity contribution in [3.63, 3.8) is 0 Å². The van der Waals surface area contributed by atoms with Crippen molar-refractivity contribution in [2.24, 2.45) is 4.99 Å². The molecule has 2 aliphatic heterocycles. The molecule has 0 aliphatic carbocycles. The maximum absolute atomic E-state index is 13.0. The second-order valence-electron chi connectivity index (χ2n) is 6.35. The fraction of sp³-hybridized carbons (Fsp3) is 0.556. The molecule has 0 fully saturated rings. The Balaban J connectivity index is 1.72. The molecule has 0 aromatic carbocycles. The zero-order chi connectivity index (χ0) is 17.8. The highest BCUT2D eigenvalue weighted by Crippen LogP contribution is 2.31. The summed E-state index contributed by atoms with van der Waals surface area (Å²) in [5, 5.41) is 12.8. The van der Waals surface area contributed by atoms with E-state index in [2.05, 4.69) is 34.4 Å². The summed E-state index contributed by atoms with van der Waals surface area (Å²) in [4.78, 5) is 24.0. The van der Waals surface area contributed by atoms with E-state index in [1.807, 2.05) is 11.8 Å². The van der Waals surface area contributed by atoms with Crippen molar-refractivity contribution in [2.75, 3.05) is 19.7 Å². The Labute approximate surface area is 157 Å². The third-order valence-electron chi connectivity index (χ3n) is 4.56. The fourth-order valence-electron chi connectivity index (χ4n) is 3.14. The number of aryl methyl sites for hydroxylation is 1. The zero-order valence-electron chi connectivity index (χ0n) is 14.8. The van der Waals surface area contributed by atoms with Gasteiger partial charge in [0.25, 0.3) is 0 Å². The van der Waals surface area contributed by atoms with Crippen molar-refractivity contribution in [1.82, 2.24) is 9.80 Å². The molecule has 1 N–H and O–H groups in total. The molecular formula is C18H25N3O2S2. The van der Waals surface area contributed by atoms with Crippen LogP contribution in [-0.2, 0) is 11.3 Å². The summed E-state index contributed by atoms with van der Waals surface area (Å²) >= 11 is 3.32. The number of aliphatic hydroxyl groups is 1. The molecule has 3 heterocycles. The van der Waals surface area contributed by atoms with E-state index in [9.17, 15) is 9.90 Å². The van der Waals surface area contributed by atoms with Gasteiger partial charge < -0.3 is 14.9 Å². The molecule has 0 bridgehead atoms. The summed E-state index contributed by atoms with van der Waals surface area (Å²) in [5.41, 5.74) is 1.04. The van der Waals surface area contributed by atoms with Gasteiger partial charge in [-0.05, 0) is 37.3 Å². The first-order chi connectivity index (χ1) is 12.1. The van der Waals surface area contributed by atoms with Crippen LogP contribution in [0.2, 0.25) is 0 Å². The van der Waals surface area contributed by atoms with Crippen molar-refractivity contribution < 1.29 is 9.90 Å². The molecule has 1 aromatic rings. The summed E-state index contributed by atoms with van der Waals surface area (Å²) in [7, 11) is 0. The average Bonchev–Trinajstić information content (AvgIpc) is 3.21. The van der Waals surface area contributed by atoms with Crippen LogP contribution in [0.25, 0.3) is 0 Å². The van der Waals surface area contributed by atoms with Crippen molar-refractivity contribution in [2.45, 2.75) is 45.7 Å². The van der Waals surface area contributed by atoms with Crippen LogP contribution >= 0.6 is 23.1 Å². The first kappa shape index (κ1) is 18.5. The van der Waals surface area contributed by atoms with E-state index >= 15 is 0 Å². The van der Waals surface area contributed by atoms with Gasteiger partial charge in [0, 0.05) is 28.5 Å². The molecule has 0 spiro atoms. The molecule has 1 aromatic heterocycles. The van der Waals surface area contributed by atoms with Gasteiger partial charge in [-0.3, -0.25) is 9.79 Å². The van der Waals surface area contributed by atoms with Crippen LogP contribution < -0.4 is 0 Å². The molecule has 0 saturated heterocycles. The highest BCUT2D eigenvalue weighted by Gasteiger charge is 2.29. The van der Waals surface area contributed by atoms with Crippen LogP contribution in [0.15, 0.2) is 28.2 Å². The summed E-state index contributed by atoms with van der Waals surface area (Å²) in [6.45, 7) is 6.46. The van der Waals surface area contributed by atoms with E-state index in [1.165, 1.54) is 4.88 Å². The van der Waals surface area contributed by atoms with Crippen molar-refractivity contribution >= 4 is 34.2 Å². The van der Waals surface area contributed by atoms with Gasteiger partial charge in [-0.1, -0.05) is 18.7 Å². The number of hydrogen-bond donors (Lipinski definition) is 1. The Morgan fingerprint density at radius 2 is 2.32 bits per heavy atom. The molecule has 1 unspecified atom stereocenters. The minimum Gasteiger partial charge on any atom is -0.394 e. The van der Waals surface area contributed by atoms with Gasteiger partial charge in [0.2, 0.25) is 5.91 Å². The number of amidine groups is 1. The standard InChI is InChI=1S/C18H25N3O2S2/c1-3-14(11-22)21(10-16-6-5-13(2)25-16)17(23)9-15-12-24-18-19-7-4-8-20(15)18/h5-6,12,14,22H,3-4,7-11H2,1-2H3. The Morgan fingerprint density at radius 3 is 3.00 bits per heavy atom. The SMILES string of the molecule is CCC(CO)N(Cc1ccc(C)s1)C(=O)CC1=CSC2=NCCCN12. The zero-order valence-corrected chi connectivity index (χ0v) is 16.4. The van der Waals surface area contributed by atoms with Crippen LogP contribution in [0, 0.1) is 6.92 Å². The molecule has 136 valence electrons. The normalized spacial score (nSPS) is 17.8. The third kappa shape index (κ3) is 4.27. The van der Waals surface area contributed by atoms with E-state index < -0.39 is 0 Å². The predicted molar refractivity (Wildman–Crippen MR) is 105 cm³/mol. The number of thiophene rings is 1. The molecule has 1 amide bonds. The first-order valence-corrected chi connectivity index (χ1v) is 10.4. The topological polar surface area (TPSA) is 56.1 Å². The number of aliphatic imine (C=N–C) groups is 1. The van der Waals surface area contributed by atoms with E-state index in [1.54, 1.807) is 23.1 Å². The Morgan fingerprint density at radius 1 is 1.48 bits per heavy atom. The summed E-state index contributed by atoms with van der Waals surface area (Å²) < 4.78 is 0. The number of amides is 1. The van der Waals surface area contributed by atoms with Gasteiger partial charge in [-0.2, -0.15) is 0 Å². The van der Waals surface area contributed by atoms with Crippen molar-refractivity contribution in [1.29, 1.82) is 0 Å². The third-order valence-corrected chi connectivity index (χ3v) is 6.50. The minimum atomic E-state index is -0.140. The van der Waals surface area contributed by atoms with Gasteiger partial charge in [0.1, 0.15) is 0 Å². The van der Waals surface area contributed by atoms with Crippen LogP contribution in [0.4, 0.5) is 0 Å². The number of hydrogen-bond acceptors (Lipinski definition) is 6. The maximum atomic E-state index is 13.0. The highest BCUT2D eigenvalue weighted by atomic mass is 32.2. The lowest BCUT2D eigenvalue weighted by atomic mass is 10.1. The largest absolute Gasteiger partial charge is 0.394 e. The van der Waals surface area contributed by atoms with Crippen LogP contribution in [0.5, 0.6) is 0 Å². The quantitative estimate of drug-likeness (QED) is 0.790. The average molecular weight is 380 g/mol. The molecule has 25 heavy (non-hydrogen) atoms. The molecule has 7 heteroatoms. The molecule has 1 atom stereocenters. The summed E-state index contributed by atoms with van der Waals surface area (Å²) in [6, 6.07) is 4.01. The Hall–Kier alpha value is -1.31. The number of rotatable bonds is 7.